The minimum atomic E-state index is -1.71. The highest BCUT2D eigenvalue weighted by Gasteiger charge is 2.42. The molecule has 2 aliphatic rings. The fourth-order valence-electron chi connectivity index (χ4n) is 6.10. The summed E-state index contributed by atoms with van der Waals surface area (Å²) < 4.78 is 26.9. The third-order valence-corrected chi connectivity index (χ3v) is 13.1. The summed E-state index contributed by atoms with van der Waals surface area (Å²) in [7, 11) is -1.71. The quantitative estimate of drug-likeness (QED) is 0.387. The van der Waals surface area contributed by atoms with Crippen molar-refractivity contribution in [3.63, 3.8) is 0 Å². The molecule has 0 spiro atoms. The largest absolute Gasteiger partial charge is 0.204 e. The second-order valence-electron chi connectivity index (χ2n) is 9.54. The van der Waals surface area contributed by atoms with Crippen molar-refractivity contribution in [1.29, 1.82) is 0 Å². The second-order valence-corrected chi connectivity index (χ2v) is 13.9. The minimum absolute atomic E-state index is 0.711. The standard InChI is InChI=1S/C29H30F2Si/c30-28-16-15-25(21-29(28)31)23-13-11-22(12-14-23)24-17-19-32(20-18-24,26-7-3-1-4-8-26)27-9-5-2-6-10-27/h1-10,13,15-16,21-22,24H,11-12,14,17-20H2. The molecule has 1 unspecified atom stereocenters. The van der Waals surface area contributed by atoms with Gasteiger partial charge < -0.3 is 0 Å². The normalized spacial score (nSPS) is 21.2. The zero-order chi connectivity index (χ0) is 22.0. The molecule has 3 aromatic carbocycles. The van der Waals surface area contributed by atoms with E-state index in [4.69, 9.17) is 0 Å². The molecule has 0 bridgehead atoms. The molecule has 0 nitrogen and oxygen atoms in total. The summed E-state index contributed by atoms with van der Waals surface area (Å²) in [5.41, 5.74) is 2.01. The molecule has 3 aromatic rings. The Balaban J connectivity index is 1.31. The molecule has 1 aliphatic heterocycles. The van der Waals surface area contributed by atoms with Gasteiger partial charge in [0.15, 0.2) is 11.6 Å². The highest BCUT2D eigenvalue weighted by atomic mass is 28.3. The van der Waals surface area contributed by atoms with Crippen LogP contribution in [0.25, 0.3) is 5.57 Å². The number of rotatable bonds is 4. The lowest BCUT2D eigenvalue weighted by Crippen LogP contribution is -2.60. The third kappa shape index (κ3) is 4.11. The average molecular weight is 445 g/mol. The van der Waals surface area contributed by atoms with Crippen LogP contribution >= 0.6 is 0 Å². The van der Waals surface area contributed by atoms with Crippen molar-refractivity contribution >= 4 is 24.0 Å². The summed E-state index contributed by atoms with van der Waals surface area (Å²) in [5.74, 6) is -0.0379. The van der Waals surface area contributed by atoms with Gasteiger partial charge in [0.2, 0.25) is 0 Å². The lowest BCUT2D eigenvalue weighted by molar-refractivity contribution is 0.285. The average Bonchev–Trinajstić information content (AvgIpc) is 2.87. The first-order chi connectivity index (χ1) is 15.7. The number of hydrogen-bond donors (Lipinski definition) is 0. The number of benzene rings is 3. The van der Waals surface area contributed by atoms with E-state index in [9.17, 15) is 8.78 Å². The summed E-state index contributed by atoms with van der Waals surface area (Å²) >= 11 is 0. The van der Waals surface area contributed by atoms with E-state index in [0.717, 1.165) is 30.7 Å². The molecule has 0 aromatic heterocycles. The fraction of sp³-hybridized carbons (Fsp3) is 0.310. The Kier molecular flexibility index (Phi) is 6.10. The Hall–Kier alpha value is -2.52. The molecular formula is C29H30F2Si. The monoisotopic (exact) mass is 444 g/mol. The van der Waals surface area contributed by atoms with Gasteiger partial charge in [0.1, 0.15) is 8.07 Å². The lowest BCUT2D eigenvalue weighted by Gasteiger charge is -2.42. The molecule has 1 atom stereocenters. The molecule has 32 heavy (non-hydrogen) atoms. The Morgan fingerprint density at radius 3 is 1.81 bits per heavy atom. The van der Waals surface area contributed by atoms with Crippen LogP contribution in [0, 0.1) is 23.5 Å². The molecular weight excluding hydrogens is 414 g/mol. The van der Waals surface area contributed by atoms with E-state index in [1.54, 1.807) is 16.4 Å². The first kappa shape index (κ1) is 21.3. The Labute approximate surface area is 191 Å². The molecule has 0 saturated carbocycles. The van der Waals surface area contributed by atoms with Crippen LogP contribution in [0.3, 0.4) is 0 Å². The number of allylic oxidation sites excluding steroid dienone is 2. The van der Waals surface area contributed by atoms with Crippen LogP contribution in [0.1, 0.15) is 37.7 Å². The number of halogens is 2. The van der Waals surface area contributed by atoms with E-state index in [-0.39, 0.29) is 0 Å². The van der Waals surface area contributed by atoms with Gasteiger partial charge >= 0.3 is 0 Å². The van der Waals surface area contributed by atoms with Crippen LogP contribution in [0.15, 0.2) is 84.9 Å². The molecule has 3 heteroatoms. The van der Waals surface area contributed by atoms with Gasteiger partial charge in [-0.15, -0.1) is 0 Å². The molecule has 0 N–H and O–H groups in total. The van der Waals surface area contributed by atoms with Crippen LogP contribution < -0.4 is 10.4 Å². The van der Waals surface area contributed by atoms with Gasteiger partial charge in [-0.05, 0) is 66.5 Å². The maximum atomic E-state index is 13.7. The van der Waals surface area contributed by atoms with Crippen molar-refractivity contribution < 1.29 is 8.78 Å². The zero-order valence-electron chi connectivity index (χ0n) is 18.4. The molecule has 164 valence electrons. The van der Waals surface area contributed by atoms with Gasteiger partial charge in [0.25, 0.3) is 0 Å². The van der Waals surface area contributed by atoms with Gasteiger partial charge in [-0.2, -0.15) is 0 Å². The predicted molar refractivity (Wildman–Crippen MR) is 132 cm³/mol. The van der Waals surface area contributed by atoms with E-state index in [1.165, 1.54) is 42.6 Å². The van der Waals surface area contributed by atoms with Crippen molar-refractivity contribution in [2.75, 3.05) is 0 Å². The van der Waals surface area contributed by atoms with Crippen molar-refractivity contribution in [3.05, 3.63) is 102 Å². The molecule has 0 radical (unpaired) electrons. The molecule has 1 saturated heterocycles. The van der Waals surface area contributed by atoms with E-state index >= 15 is 0 Å². The summed E-state index contributed by atoms with van der Waals surface area (Å²) in [6.45, 7) is 0. The topological polar surface area (TPSA) is 0 Å². The molecule has 0 amide bonds. The van der Waals surface area contributed by atoms with Gasteiger partial charge in [-0.3, -0.25) is 0 Å². The first-order valence-electron chi connectivity index (χ1n) is 11.9. The van der Waals surface area contributed by atoms with Crippen LogP contribution in [0.4, 0.5) is 8.78 Å². The summed E-state index contributed by atoms with van der Waals surface area (Å²) in [6, 6.07) is 29.4. The molecule has 5 rings (SSSR count). The fourth-order valence-corrected chi connectivity index (χ4v) is 11.2. The Morgan fingerprint density at radius 1 is 0.656 bits per heavy atom. The lowest BCUT2D eigenvalue weighted by atomic mass is 9.77. The van der Waals surface area contributed by atoms with E-state index in [0.29, 0.717) is 5.92 Å². The van der Waals surface area contributed by atoms with E-state index < -0.39 is 19.7 Å². The molecule has 1 heterocycles. The van der Waals surface area contributed by atoms with Crippen molar-refractivity contribution in [2.24, 2.45) is 11.8 Å². The van der Waals surface area contributed by atoms with E-state index in [1.807, 2.05) is 0 Å². The highest BCUT2D eigenvalue weighted by molar-refractivity contribution is 7.02. The number of hydrogen-bond acceptors (Lipinski definition) is 0. The third-order valence-electron chi connectivity index (χ3n) is 7.95. The van der Waals surface area contributed by atoms with Gasteiger partial charge in [-0.1, -0.05) is 96.0 Å². The minimum Gasteiger partial charge on any atom is -0.204 e. The smallest absolute Gasteiger partial charge is 0.159 e. The Bertz CT molecular complexity index is 1040. The zero-order valence-corrected chi connectivity index (χ0v) is 19.4. The van der Waals surface area contributed by atoms with Crippen LogP contribution in [-0.2, 0) is 0 Å². The van der Waals surface area contributed by atoms with Crippen molar-refractivity contribution in [3.8, 4) is 0 Å². The van der Waals surface area contributed by atoms with Crippen LogP contribution in [0.5, 0.6) is 0 Å². The van der Waals surface area contributed by atoms with Crippen LogP contribution in [0.2, 0.25) is 12.1 Å². The first-order valence-corrected chi connectivity index (χ1v) is 14.3. The predicted octanol–water partition coefficient (Wildman–Crippen LogP) is 6.82. The summed E-state index contributed by atoms with van der Waals surface area (Å²) in [4.78, 5) is 0. The van der Waals surface area contributed by atoms with Gasteiger partial charge in [0.05, 0.1) is 0 Å². The molecule has 1 fully saturated rings. The SMILES string of the molecule is Fc1ccc(C2=CCC(C3CC[Si](c4ccccc4)(c4ccccc4)CC3)CC2)cc1F. The second kappa shape index (κ2) is 9.15. The summed E-state index contributed by atoms with van der Waals surface area (Å²) in [5, 5.41) is 3.16. The van der Waals surface area contributed by atoms with Gasteiger partial charge in [-0.25, -0.2) is 8.78 Å². The highest BCUT2D eigenvalue weighted by Crippen LogP contribution is 2.42. The maximum Gasteiger partial charge on any atom is 0.159 e. The molecule has 1 aliphatic carbocycles. The maximum absolute atomic E-state index is 13.7. The Morgan fingerprint density at radius 2 is 1.28 bits per heavy atom. The van der Waals surface area contributed by atoms with Gasteiger partial charge in [0, 0.05) is 0 Å². The van der Waals surface area contributed by atoms with E-state index in [2.05, 4.69) is 66.7 Å². The van der Waals surface area contributed by atoms with Crippen molar-refractivity contribution in [2.45, 2.75) is 44.2 Å². The van der Waals surface area contributed by atoms with Crippen molar-refractivity contribution in [1.82, 2.24) is 0 Å². The summed E-state index contributed by atoms with van der Waals surface area (Å²) in [6.07, 6.45) is 8.07. The van der Waals surface area contributed by atoms with Crippen LogP contribution in [-0.4, -0.2) is 8.07 Å².